The molecule has 0 radical (unpaired) electrons. The van der Waals surface area contributed by atoms with Gasteiger partial charge < -0.3 is 5.73 Å². The van der Waals surface area contributed by atoms with Crippen LogP contribution in [0.25, 0.3) is 11.3 Å². The summed E-state index contributed by atoms with van der Waals surface area (Å²) in [7, 11) is -3.22. The van der Waals surface area contributed by atoms with Crippen molar-refractivity contribution in [3.63, 3.8) is 0 Å². The molecule has 5 nitrogen and oxygen atoms in total. The van der Waals surface area contributed by atoms with Crippen LogP contribution in [0.3, 0.4) is 0 Å². The van der Waals surface area contributed by atoms with Crippen LogP contribution in [0.15, 0.2) is 47.5 Å². The summed E-state index contributed by atoms with van der Waals surface area (Å²) in [4.78, 5) is 15.5. The molecule has 2 N–H and O–H groups in total. The van der Waals surface area contributed by atoms with Crippen molar-refractivity contribution in [1.29, 1.82) is 0 Å². The highest BCUT2D eigenvalue weighted by Gasteiger charge is 2.08. The Balaban J connectivity index is 2.43. The SMILES string of the molecule is CS(=O)(=O)c1ccc(-c2cc(C(N)=O)ccn2)cc1. The van der Waals surface area contributed by atoms with Gasteiger partial charge in [-0.1, -0.05) is 12.1 Å². The number of nitrogens with zero attached hydrogens (tertiary/aromatic N) is 1. The van der Waals surface area contributed by atoms with Crippen molar-refractivity contribution in [3.8, 4) is 11.3 Å². The number of rotatable bonds is 3. The minimum atomic E-state index is -3.22. The molecule has 1 aromatic heterocycles. The van der Waals surface area contributed by atoms with Crippen LogP contribution in [0, 0.1) is 0 Å². The van der Waals surface area contributed by atoms with Crippen LogP contribution < -0.4 is 5.73 Å². The Morgan fingerprint density at radius 2 is 1.79 bits per heavy atom. The Hall–Kier alpha value is -2.21. The molecule has 0 aliphatic heterocycles. The molecule has 98 valence electrons. The molecule has 0 aliphatic rings. The van der Waals surface area contributed by atoms with E-state index in [4.69, 9.17) is 5.73 Å². The number of carbonyl (C=O) groups is 1. The summed E-state index contributed by atoms with van der Waals surface area (Å²) in [6.07, 6.45) is 2.63. The van der Waals surface area contributed by atoms with E-state index < -0.39 is 15.7 Å². The van der Waals surface area contributed by atoms with E-state index in [9.17, 15) is 13.2 Å². The van der Waals surface area contributed by atoms with Gasteiger partial charge in [0.15, 0.2) is 9.84 Å². The largest absolute Gasteiger partial charge is 0.366 e. The Labute approximate surface area is 111 Å². The number of amides is 1. The van der Waals surface area contributed by atoms with Gasteiger partial charge in [0.2, 0.25) is 5.91 Å². The number of aromatic nitrogens is 1. The van der Waals surface area contributed by atoms with Gasteiger partial charge in [0.25, 0.3) is 0 Å². The fraction of sp³-hybridized carbons (Fsp3) is 0.0769. The number of nitrogens with two attached hydrogens (primary N) is 1. The topological polar surface area (TPSA) is 90.1 Å². The van der Waals surface area contributed by atoms with E-state index in [1.165, 1.54) is 24.4 Å². The van der Waals surface area contributed by atoms with Crippen molar-refractivity contribution in [2.24, 2.45) is 5.73 Å². The maximum Gasteiger partial charge on any atom is 0.248 e. The minimum Gasteiger partial charge on any atom is -0.366 e. The number of sulfone groups is 1. The van der Waals surface area contributed by atoms with Crippen molar-refractivity contribution >= 4 is 15.7 Å². The number of hydrogen-bond donors (Lipinski definition) is 1. The molecule has 0 aliphatic carbocycles. The van der Waals surface area contributed by atoms with E-state index in [0.29, 0.717) is 11.3 Å². The number of hydrogen-bond acceptors (Lipinski definition) is 4. The molecule has 0 fully saturated rings. The standard InChI is InChI=1S/C13H12N2O3S/c1-19(17,18)11-4-2-9(3-5-11)12-8-10(13(14)16)6-7-15-12/h2-8H,1H3,(H2,14,16). The highest BCUT2D eigenvalue weighted by atomic mass is 32.2. The maximum absolute atomic E-state index is 11.3. The monoisotopic (exact) mass is 276 g/mol. The van der Waals surface area contributed by atoms with E-state index >= 15 is 0 Å². The molecule has 0 atom stereocenters. The van der Waals surface area contributed by atoms with Gasteiger partial charge in [-0.05, 0) is 24.3 Å². The van der Waals surface area contributed by atoms with Gasteiger partial charge in [-0.3, -0.25) is 9.78 Å². The van der Waals surface area contributed by atoms with Crippen molar-refractivity contribution in [1.82, 2.24) is 4.98 Å². The van der Waals surface area contributed by atoms with Crippen LogP contribution in [0.2, 0.25) is 0 Å². The molecule has 2 aromatic rings. The summed E-state index contributed by atoms with van der Waals surface area (Å²) in [6.45, 7) is 0. The third-order valence-electron chi connectivity index (χ3n) is 2.62. The van der Waals surface area contributed by atoms with E-state index in [2.05, 4.69) is 4.98 Å². The summed E-state index contributed by atoms with van der Waals surface area (Å²) >= 11 is 0. The smallest absolute Gasteiger partial charge is 0.248 e. The summed E-state index contributed by atoms with van der Waals surface area (Å²) in [5, 5.41) is 0. The molecule has 0 saturated carbocycles. The summed E-state index contributed by atoms with van der Waals surface area (Å²) in [5.74, 6) is -0.531. The molecule has 0 saturated heterocycles. The Bertz CT molecular complexity index is 722. The first-order valence-corrected chi connectivity index (χ1v) is 7.33. The number of carbonyl (C=O) groups excluding carboxylic acids is 1. The molecule has 0 unspecified atom stereocenters. The Morgan fingerprint density at radius 1 is 1.16 bits per heavy atom. The maximum atomic E-state index is 11.3. The fourth-order valence-corrected chi connectivity index (χ4v) is 2.25. The molecule has 2 rings (SSSR count). The third-order valence-corrected chi connectivity index (χ3v) is 3.75. The average Bonchev–Trinajstić information content (AvgIpc) is 2.38. The third kappa shape index (κ3) is 2.97. The number of benzene rings is 1. The van der Waals surface area contributed by atoms with Crippen molar-refractivity contribution < 1.29 is 13.2 Å². The average molecular weight is 276 g/mol. The van der Waals surface area contributed by atoms with E-state index in [1.807, 2.05) is 0 Å². The molecule has 1 aromatic carbocycles. The second-order valence-electron chi connectivity index (χ2n) is 4.09. The Kier molecular flexibility index (Phi) is 3.35. The van der Waals surface area contributed by atoms with Gasteiger partial charge in [0, 0.05) is 23.6 Å². The molecule has 1 heterocycles. The zero-order valence-electron chi connectivity index (χ0n) is 10.2. The summed E-state index contributed by atoms with van der Waals surface area (Å²) < 4.78 is 22.7. The van der Waals surface area contributed by atoms with Gasteiger partial charge >= 0.3 is 0 Å². The van der Waals surface area contributed by atoms with Gasteiger partial charge in [-0.15, -0.1) is 0 Å². The molecule has 6 heteroatoms. The zero-order valence-corrected chi connectivity index (χ0v) is 11.0. The first-order chi connectivity index (χ1) is 8.88. The second kappa shape index (κ2) is 4.81. The predicted octanol–water partition coefficient (Wildman–Crippen LogP) is 1.25. The second-order valence-corrected chi connectivity index (χ2v) is 6.11. The predicted molar refractivity (Wildman–Crippen MR) is 71.3 cm³/mol. The molecular weight excluding hydrogens is 264 g/mol. The van der Waals surface area contributed by atoms with Crippen molar-refractivity contribution in [2.45, 2.75) is 4.90 Å². The van der Waals surface area contributed by atoms with Crippen LogP contribution in [-0.4, -0.2) is 25.6 Å². The number of pyridine rings is 1. The van der Waals surface area contributed by atoms with Crippen LogP contribution in [0.5, 0.6) is 0 Å². The lowest BCUT2D eigenvalue weighted by Gasteiger charge is -2.04. The van der Waals surface area contributed by atoms with Crippen LogP contribution >= 0.6 is 0 Å². The first-order valence-electron chi connectivity index (χ1n) is 5.44. The Morgan fingerprint density at radius 3 is 2.32 bits per heavy atom. The van der Waals surface area contributed by atoms with E-state index in [1.54, 1.807) is 18.2 Å². The van der Waals surface area contributed by atoms with Crippen LogP contribution in [-0.2, 0) is 9.84 Å². The zero-order chi connectivity index (χ0) is 14.0. The molecule has 0 bridgehead atoms. The minimum absolute atomic E-state index is 0.238. The van der Waals surface area contributed by atoms with Crippen LogP contribution in [0.4, 0.5) is 0 Å². The normalized spacial score (nSPS) is 11.2. The fourth-order valence-electron chi connectivity index (χ4n) is 1.61. The molecule has 19 heavy (non-hydrogen) atoms. The summed E-state index contributed by atoms with van der Waals surface area (Å²) in [6, 6.07) is 9.38. The summed E-state index contributed by atoms with van der Waals surface area (Å²) in [5.41, 5.74) is 6.84. The van der Waals surface area contributed by atoms with Gasteiger partial charge in [-0.2, -0.15) is 0 Å². The lowest BCUT2D eigenvalue weighted by Crippen LogP contribution is -2.10. The van der Waals surface area contributed by atoms with Gasteiger partial charge in [0.05, 0.1) is 10.6 Å². The van der Waals surface area contributed by atoms with Gasteiger partial charge in [0.1, 0.15) is 0 Å². The van der Waals surface area contributed by atoms with Gasteiger partial charge in [-0.25, -0.2) is 8.42 Å². The molecular formula is C13H12N2O3S. The van der Waals surface area contributed by atoms with Crippen molar-refractivity contribution in [2.75, 3.05) is 6.26 Å². The number of primary amides is 1. The highest BCUT2D eigenvalue weighted by Crippen LogP contribution is 2.20. The molecule has 0 spiro atoms. The lowest BCUT2D eigenvalue weighted by atomic mass is 10.1. The van der Waals surface area contributed by atoms with Crippen molar-refractivity contribution in [3.05, 3.63) is 48.2 Å². The highest BCUT2D eigenvalue weighted by molar-refractivity contribution is 7.90. The van der Waals surface area contributed by atoms with Crippen LogP contribution in [0.1, 0.15) is 10.4 Å². The molecule has 1 amide bonds. The lowest BCUT2D eigenvalue weighted by molar-refractivity contribution is 0.1000. The quantitative estimate of drug-likeness (QED) is 0.913. The van der Waals surface area contributed by atoms with E-state index in [-0.39, 0.29) is 4.90 Å². The first kappa shape index (κ1) is 13.2. The van der Waals surface area contributed by atoms with E-state index in [0.717, 1.165) is 11.8 Å².